The average Bonchev–Trinajstić information content (AvgIpc) is 2.37. The monoisotopic (exact) mass is 246 g/mol. The summed E-state index contributed by atoms with van der Waals surface area (Å²) < 4.78 is 5.78. The predicted molar refractivity (Wildman–Crippen MR) is 72.9 cm³/mol. The Labute approximate surface area is 109 Å². The fraction of sp³-hybridized carbons (Fsp3) is 0.562. The van der Waals surface area contributed by atoms with Crippen LogP contribution in [0.3, 0.4) is 0 Å². The van der Waals surface area contributed by atoms with Crippen LogP contribution in [-0.2, 0) is 4.74 Å². The lowest BCUT2D eigenvalue weighted by Gasteiger charge is -2.26. The van der Waals surface area contributed by atoms with E-state index in [0.717, 1.165) is 29.9 Å². The molecule has 0 aliphatic heterocycles. The van der Waals surface area contributed by atoms with Crippen molar-refractivity contribution in [2.75, 3.05) is 6.61 Å². The molecule has 1 aromatic rings. The van der Waals surface area contributed by atoms with Crippen LogP contribution >= 0.6 is 0 Å². The van der Waals surface area contributed by atoms with Crippen molar-refractivity contribution in [1.82, 2.24) is 0 Å². The number of hydrogen-bond donors (Lipinski definition) is 0. The van der Waals surface area contributed by atoms with Gasteiger partial charge < -0.3 is 4.74 Å². The zero-order valence-electron chi connectivity index (χ0n) is 11.3. The number of carbonyl (C=O) groups excluding carboxylic acids is 1. The standard InChI is InChI=1S/C16H22O2/c1-12-6-5-8-14(10-12)18-11-16(17)15-9-4-3-7-13(15)2/h3-4,7,9,12,14H,5-6,8,10-11H2,1-2H3. The molecule has 1 saturated carbocycles. The second kappa shape index (κ2) is 6.14. The molecule has 2 heteroatoms. The van der Waals surface area contributed by atoms with Gasteiger partial charge in [0.15, 0.2) is 5.78 Å². The van der Waals surface area contributed by atoms with Gasteiger partial charge in [0.05, 0.1) is 6.10 Å². The lowest BCUT2D eigenvalue weighted by atomic mass is 9.89. The van der Waals surface area contributed by atoms with Crippen LogP contribution in [0.4, 0.5) is 0 Å². The van der Waals surface area contributed by atoms with E-state index in [2.05, 4.69) is 6.92 Å². The molecule has 0 spiro atoms. The van der Waals surface area contributed by atoms with Crippen molar-refractivity contribution >= 4 is 5.78 Å². The normalized spacial score (nSPS) is 23.9. The van der Waals surface area contributed by atoms with E-state index in [4.69, 9.17) is 4.74 Å². The van der Waals surface area contributed by atoms with Crippen LogP contribution < -0.4 is 0 Å². The van der Waals surface area contributed by atoms with Crippen LogP contribution in [0.15, 0.2) is 24.3 Å². The molecule has 0 aromatic heterocycles. The second-order valence-electron chi connectivity index (χ2n) is 5.44. The van der Waals surface area contributed by atoms with Crippen molar-refractivity contribution in [3.05, 3.63) is 35.4 Å². The van der Waals surface area contributed by atoms with Gasteiger partial charge in [-0.1, -0.05) is 44.0 Å². The zero-order chi connectivity index (χ0) is 13.0. The maximum atomic E-state index is 12.1. The maximum absolute atomic E-state index is 12.1. The number of ketones is 1. The molecule has 0 saturated heterocycles. The molecule has 0 amide bonds. The van der Waals surface area contributed by atoms with Gasteiger partial charge in [0.25, 0.3) is 0 Å². The van der Waals surface area contributed by atoms with Crippen LogP contribution in [0.5, 0.6) is 0 Å². The lowest BCUT2D eigenvalue weighted by molar-refractivity contribution is 0.0182. The van der Waals surface area contributed by atoms with Gasteiger partial charge in [-0.05, 0) is 31.2 Å². The van der Waals surface area contributed by atoms with E-state index >= 15 is 0 Å². The van der Waals surface area contributed by atoms with Gasteiger partial charge in [-0.3, -0.25) is 4.79 Å². The first-order valence-electron chi connectivity index (χ1n) is 6.87. The van der Waals surface area contributed by atoms with Crippen molar-refractivity contribution in [3.63, 3.8) is 0 Å². The minimum Gasteiger partial charge on any atom is -0.370 e. The lowest BCUT2D eigenvalue weighted by Crippen LogP contribution is -2.24. The molecule has 0 bridgehead atoms. The van der Waals surface area contributed by atoms with Crippen molar-refractivity contribution in [1.29, 1.82) is 0 Å². The summed E-state index contributed by atoms with van der Waals surface area (Å²) in [5, 5.41) is 0. The van der Waals surface area contributed by atoms with E-state index in [1.54, 1.807) is 0 Å². The maximum Gasteiger partial charge on any atom is 0.188 e. The second-order valence-corrected chi connectivity index (χ2v) is 5.44. The molecule has 1 fully saturated rings. The highest BCUT2D eigenvalue weighted by Crippen LogP contribution is 2.25. The summed E-state index contributed by atoms with van der Waals surface area (Å²) in [7, 11) is 0. The Balaban J connectivity index is 1.87. The number of ether oxygens (including phenoxy) is 1. The number of rotatable bonds is 4. The number of Topliss-reactive ketones (excluding diaryl/α,β-unsaturated/α-hetero) is 1. The average molecular weight is 246 g/mol. The molecule has 0 radical (unpaired) electrons. The molecular weight excluding hydrogens is 224 g/mol. The third-order valence-electron chi connectivity index (χ3n) is 3.78. The minimum absolute atomic E-state index is 0.103. The van der Waals surface area contributed by atoms with E-state index in [-0.39, 0.29) is 18.5 Å². The third kappa shape index (κ3) is 3.42. The molecule has 0 heterocycles. The Morgan fingerprint density at radius 2 is 2.11 bits per heavy atom. The summed E-state index contributed by atoms with van der Waals surface area (Å²) in [5.41, 5.74) is 1.82. The predicted octanol–water partition coefficient (Wildman–Crippen LogP) is 3.77. The Morgan fingerprint density at radius 1 is 1.33 bits per heavy atom. The fourth-order valence-electron chi connectivity index (χ4n) is 2.69. The molecule has 98 valence electrons. The highest BCUT2D eigenvalue weighted by Gasteiger charge is 2.20. The van der Waals surface area contributed by atoms with Crippen LogP contribution in [-0.4, -0.2) is 18.5 Å². The van der Waals surface area contributed by atoms with E-state index in [0.29, 0.717) is 0 Å². The number of benzene rings is 1. The SMILES string of the molecule is Cc1ccccc1C(=O)COC1CCCC(C)C1. The Kier molecular flexibility index (Phi) is 4.54. The van der Waals surface area contributed by atoms with Gasteiger partial charge in [0, 0.05) is 5.56 Å². The van der Waals surface area contributed by atoms with Crippen molar-refractivity contribution in [3.8, 4) is 0 Å². The molecule has 2 atom stereocenters. The van der Waals surface area contributed by atoms with Gasteiger partial charge in [0.1, 0.15) is 6.61 Å². The summed E-state index contributed by atoms with van der Waals surface area (Å²) in [6.07, 6.45) is 5.00. The molecule has 1 aliphatic carbocycles. The van der Waals surface area contributed by atoms with E-state index in [1.807, 2.05) is 31.2 Å². The molecule has 2 rings (SSSR count). The first-order valence-corrected chi connectivity index (χ1v) is 6.87. The molecule has 18 heavy (non-hydrogen) atoms. The fourth-order valence-corrected chi connectivity index (χ4v) is 2.69. The Hall–Kier alpha value is -1.15. The summed E-state index contributed by atoms with van der Waals surface area (Å²) in [6.45, 7) is 4.46. The van der Waals surface area contributed by atoms with Gasteiger partial charge in [-0.25, -0.2) is 0 Å². The quantitative estimate of drug-likeness (QED) is 0.756. The first-order chi connectivity index (χ1) is 8.66. The summed E-state index contributed by atoms with van der Waals surface area (Å²) >= 11 is 0. The van der Waals surface area contributed by atoms with Crippen molar-refractivity contribution in [2.24, 2.45) is 5.92 Å². The van der Waals surface area contributed by atoms with Crippen LogP contribution in [0, 0.1) is 12.8 Å². The molecule has 1 aromatic carbocycles. The van der Waals surface area contributed by atoms with Gasteiger partial charge >= 0.3 is 0 Å². The summed E-state index contributed by atoms with van der Waals surface area (Å²) in [4.78, 5) is 12.1. The molecule has 0 N–H and O–H groups in total. The largest absolute Gasteiger partial charge is 0.370 e. The summed E-state index contributed by atoms with van der Waals surface area (Å²) in [6, 6.07) is 7.71. The smallest absolute Gasteiger partial charge is 0.188 e. The highest BCUT2D eigenvalue weighted by atomic mass is 16.5. The number of hydrogen-bond acceptors (Lipinski definition) is 2. The van der Waals surface area contributed by atoms with Crippen LogP contribution in [0.25, 0.3) is 0 Å². The molecule has 1 aliphatic rings. The number of aryl methyl sites for hydroxylation is 1. The van der Waals surface area contributed by atoms with E-state index < -0.39 is 0 Å². The highest BCUT2D eigenvalue weighted by molar-refractivity contribution is 5.98. The third-order valence-corrected chi connectivity index (χ3v) is 3.78. The van der Waals surface area contributed by atoms with Crippen molar-refractivity contribution in [2.45, 2.75) is 45.6 Å². The molecule has 2 nitrogen and oxygen atoms in total. The Bertz CT molecular complexity index is 411. The van der Waals surface area contributed by atoms with Gasteiger partial charge in [-0.2, -0.15) is 0 Å². The van der Waals surface area contributed by atoms with Gasteiger partial charge in [0.2, 0.25) is 0 Å². The van der Waals surface area contributed by atoms with Crippen LogP contribution in [0.1, 0.15) is 48.5 Å². The topological polar surface area (TPSA) is 26.3 Å². The van der Waals surface area contributed by atoms with Crippen molar-refractivity contribution < 1.29 is 9.53 Å². The first kappa shape index (κ1) is 13.3. The number of carbonyl (C=O) groups is 1. The van der Waals surface area contributed by atoms with Gasteiger partial charge in [-0.15, -0.1) is 0 Å². The van der Waals surface area contributed by atoms with Crippen LogP contribution in [0.2, 0.25) is 0 Å². The zero-order valence-corrected chi connectivity index (χ0v) is 11.3. The minimum atomic E-state index is 0.103. The molecular formula is C16H22O2. The van der Waals surface area contributed by atoms with E-state index in [1.165, 1.54) is 12.8 Å². The van der Waals surface area contributed by atoms with E-state index in [9.17, 15) is 4.79 Å². The Morgan fingerprint density at radius 3 is 2.83 bits per heavy atom. The molecule has 2 unspecified atom stereocenters. The summed E-state index contributed by atoms with van der Waals surface area (Å²) in [5.74, 6) is 0.837.